The smallest absolute Gasteiger partial charge is 0.0736 e. The van der Waals surface area contributed by atoms with Gasteiger partial charge in [0.05, 0.1) is 17.2 Å². The second kappa shape index (κ2) is 4.34. The highest BCUT2D eigenvalue weighted by atomic mass is 16.3. The number of fused-ring (bicyclic) bond motifs is 1. The highest BCUT2D eigenvalue weighted by Crippen LogP contribution is 2.25. The molecule has 1 aromatic heterocycles. The fourth-order valence-electron chi connectivity index (χ4n) is 1.66. The quantitative estimate of drug-likeness (QED) is 0.852. The van der Waals surface area contributed by atoms with Crippen LogP contribution in [0.5, 0.6) is 0 Å². The molecule has 1 heterocycles. The van der Waals surface area contributed by atoms with Crippen LogP contribution in [0, 0.1) is 0 Å². The molecule has 0 spiro atoms. The maximum atomic E-state index is 9.74. The third kappa shape index (κ3) is 2.39. The number of nitrogens with zero attached hydrogens (tertiary/aromatic N) is 1. The molecule has 17 heavy (non-hydrogen) atoms. The molecular formula is C14H18N2O. The zero-order valence-electron chi connectivity index (χ0n) is 10.4. The van der Waals surface area contributed by atoms with Crippen LogP contribution in [0.2, 0.25) is 0 Å². The Kier molecular flexibility index (Phi) is 3.03. The van der Waals surface area contributed by atoms with Crippen LogP contribution in [0.25, 0.3) is 10.9 Å². The number of anilines is 1. The highest BCUT2D eigenvalue weighted by molar-refractivity contribution is 5.91. The number of hydrogen-bond acceptors (Lipinski definition) is 3. The van der Waals surface area contributed by atoms with Gasteiger partial charge in [-0.2, -0.15) is 0 Å². The standard InChI is InChI=1S/C14H18N2O/c1-10(17)14(2,3)16-13-8-9-15-12-7-5-4-6-11(12)13/h4-10,17H,1-3H3,(H,15,16). The molecule has 2 rings (SSSR count). The van der Waals surface area contributed by atoms with E-state index in [4.69, 9.17) is 0 Å². The first-order valence-corrected chi connectivity index (χ1v) is 5.81. The predicted octanol–water partition coefficient (Wildman–Crippen LogP) is 2.81. The Balaban J connectivity index is 2.43. The summed E-state index contributed by atoms with van der Waals surface area (Å²) in [5, 5.41) is 14.2. The van der Waals surface area contributed by atoms with Gasteiger partial charge >= 0.3 is 0 Å². The van der Waals surface area contributed by atoms with Crippen LogP contribution >= 0.6 is 0 Å². The van der Waals surface area contributed by atoms with Gasteiger partial charge in [-0.25, -0.2) is 0 Å². The van der Waals surface area contributed by atoms with Crippen molar-refractivity contribution in [2.75, 3.05) is 5.32 Å². The molecule has 0 aliphatic rings. The average molecular weight is 230 g/mol. The normalized spacial score (nSPS) is 13.6. The van der Waals surface area contributed by atoms with E-state index in [0.29, 0.717) is 0 Å². The van der Waals surface area contributed by atoms with Gasteiger partial charge in [0.2, 0.25) is 0 Å². The number of aliphatic hydroxyl groups excluding tert-OH is 1. The first-order valence-electron chi connectivity index (χ1n) is 5.81. The van der Waals surface area contributed by atoms with Gasteiger partial charge in [0.1, 0.15) is 0 Å². The average Bonchev–Trinajstić information content (AvgIpc) is 2.29. The monoisotopic (exact) mass is 230 g/mol. The topological polar surface area (TPSA) is 45.1 Å². The van der Waals surface area contributed by atoms with E-state index < -0.39 is 6.10 Å². The number of aromatic nitrogens is 1. The van der Waals surface area contributed by atoms with E-state index in [-0.39, 0.29) is 5.54 Å². The molecule has 0 saturated heterocycles. The molecular weight excluding hydrogens is 212 g/mol. The molecule has 0 bridgehead atoms. The van der Waals surface area contributed by atoms with Crippen molar-refractivity contribution in [3.63, 3.8) is 0 Å². The first-order chi connectivity index (χ1) is 8.00. The van der Waals surface area contributed by atoms with Crippen molar-refractivity contribution < 1.29 is 5.11 Å². The molecule has 90 valence electrons. The van der Waals surface area contributed by atoms with Crippen molar-refractivity contribution in [2.24, 2.45) is 0 Å². The Morgan fingerprint density at radius 2 is 1.94 bits per heavy atom. The van der Waals surface area contributed by atoms with Gasteiger partial charge in [-0.3, -0.25) is 4.98 Å². The number of para-hydroxylation sites is 1. The van der Waals surface area contributed by atoms with Crippen molar-refractivity contribution in [3.05, 3.63) is 36.5 Å². The number of aliphatic hydroxyl groups is 1. The number of hydrogen-bond donors (Lipinski definition) is 2. The van der Waals surface area contributed by atoms with Crippen LogP contribution in [-0.2, 0) is 0 Å². The minimum atomic E-state index is -0.436. The minimum absolute atomic E-state index is 0.371. The number of pyridine rings is 1. The maximum absolute atomic E-state index is 9.74. The third-order valence-electron chi connectivity index (χ3n) is 3.15. The van der Waals surface area contributed by atoms with Gasteiger partial charge in [-0.1, -0.05) is 18.2 Å². The van der Waals surface area contributed by atoms with Crippen LogP contribution in [0.1, 0.15) is 20.8 Å². The molecule has 0 fully saturated rings. The Labute approximate surface area is 102 Å². The van der Waals surface area contributed by atoms with E-state index in [2.05, 4.69) is 10.3 Å². The minimum Gasteiger partial charge on any atom is -0.391 e. The van der Waals surface area contributed by atoms with E-state index in [1.807, 2.05) is 44.2 Å². The summed E-state index contributed by atoms with van der Waals surface area (Å²) in [4.78, 5) is 4.31. The molecule has 0 aliphatic heterocycles. The van der Waals surface area contributed by atoms with E-state index in [0.717, 1.165) is 16.6 Å². The molecule has 0 saturated carbocycles. The summed E-state index contributed by atoms with van der Waals surface area (Å²) in [6.45, 7) is 5.75. The van der Waals surface area contributed by atoms with Crippen molar-refractivity contribution in [1.29, 1.82) is 0 Å². The summed E-state index contributed by atoms with van der Waals surface area (Å²) in [6, 6.07) is 9.91. The van der Waals surface area contributed by atoms with Crippen LogP contribution in [0.4, 0.5) is 5.69 Å². The lowest BCUT2D eigenvalue weighted by atomic mass is 9.98. The molecule has 2 N–H and O–H groups in total. The molecule has 1 aromatic carbocycles. The van der Waals surface area contributed by atoms with Crippen molar-refractivity contribution in [2.45, 2.75) is 32.4 Å². The maximum Gasteiger partial charge on any atom is 0.0736 e. The van der Waals surface area contributed by atoms with Gasteiger partial charge in [0, 0.05) is 17.3 Å². The second-order valence-electron chi connectivity index (χ2n) is 4.90. The molecule has 2 aromatic rings. The van der Waals surface area contributed by atoms with Crippen LogP contribution in [-0.4, -0.2) is 21.7 Å². The number of benzene rings is 1. The zero-order chi connectivity index (χ0) is 12.5. The number of rotatable bonds is 3. The summed E-state index contributed by atoms with van der Waals surface area (Å²) >= 11 is 0. The van der Waals surface area contributed by atoms with Crippen LogP contribution in [0.3, 0.4) is 0 Å². The largest absolute Gasteiger partial charge is 0.391 e. The SMILES string of the molecule is CC(O)C(C)(C)Nc1ccnc2ccccc12. The Morgan fingerprint density at radius 1 is 1.24 bits per heavy atom. The zero-order valence-corrected chi connectivity index (χ0v) is 10.4. The van der Waals surface area contributed by atoms with Gasteiger partial charge in [0.25, 0.3) is 0 Å². The Hall–Kier alpha value is -1.61. The van der Waals surface area contributed by atoms with Gasteiger partial charge in [-0.05, 0) is 32.9 Å². The van der Waals surface area contributed by atoms with E-state index in [1.165, 1.54) is 0 Å². The fraction of sp³-hybridized carbons (Fsp3) is 0.357. The van der Waals surface area contributed by atoms with E-state index >= 15 is 0 Å². The van der Waals surface area contributed by atoms with Gasteiger partial charge < -0.3 is 10.4 Å². The highest BCUT2D eigenvalue weighted by Gasteiger charge is 2.24. The van der Waals surface area contributed by atoms with Crippen molar-refractivity contribution >= 4 is 16.6 Å². The molecule has 3 nitrogen and oxygen atoms in total. The Bertz CT molecular complexity index is 515. The summed E-state index contributed by atoms with van der Waals surface area (Å²) < 4.78 is 0. The summed E-state index contributed by atoms with van der Waals surface area (Å²) in [5.74, 6) is 0. The molecule has 0 amide bonds. The molecule has 0 aliphatic carbocycles. The number of nitrogens with one attached hydrogen (secondary N) is 1. The lowest BCUT2D eigenvalue weighted by molar-refractivity contribution is 0.133. The fourth-order valence-corrected chi connectivity index (χ4v) is 1.66. The molecule has 0 radical (unpaired) electrons. The molecule has 1 unspecified atom stereocenters. The summed E-state index contributed by atoms with van der Waals surface area (Å²) in [6.07, 6.45) is 1.34. The molecule has 3 heteroatoms. The van der Waals surface area contributed by atoms with Gasteiger partial charge in [-0.15, -0.1) is 0 Å². The summed E-state index contributed by atoms with van der Waals surface area (Å²) in [5.41, 5.74) is 1.59. The lowest BCUT2D eigenvalue weighted by Gasteiger charge is -2.31. The predicted molar refractivity (Wildman–Crippen MR) is 71.1 cm³/mol. The van der Waals surface area contributed by atoms with E-state index in [9.17, 15) is 5.11 Å². The first kappa shape index (κ1) is 11.9. The summed E-state index contributed by atoms with van der Waals surface area (Å²) in [7, 11) is 0. The van der Waals surface area contributed by atoms with Gasteiger partial charge in [0.15, 0.2) is 0 Å². The third-order valence-corrected chi connectivity index (χ3v) is 3.15. The lowest BCUT2D eigenvalue weighted by Crippen LogP contribution is -2.41. The van der Waals surface area contributed by atoms with Crippen LogP contribution < -0.4 is 5.32 Å². The second-order valence-corrected chi connectivity index (χ2v) is 4.90. The van der Waals surface area contributed by atoms with E-state index in [1.54, 1.807) is 13.1 Å². The van der Waals surface area contributed by atoms with Crippen molar-refractivity contribution in [1.82, 2.24) is 4.98 Å². The van der Waals surface area contributed by atoms with Crippen molar-refractivity contribution in [3.8, 4) is 0 Å². The molecule has 1 atom stereocenters. The Morgan fingerprint density at radius 3 is 2.65 bits per heavy atom. The van der Waals surface area contributed by atoms with Crippen LogP contribution in [0.15, 0.2) is 36.5 Å².